The molecule has 2 aromatic rings. The molecule has 0 aliphatic carbocycles. The molecule has 0 atom stereocenters. The number of halogens is 4. The van der Waals surface area contributed by atoms with Gasteiger partial charge in [-0.15, -0.1) is 13.2 Å². The highest BCUT2D eigenvalue weighted by Gasteiger charge is 2.32. The number of benzene rings is 2. The molecule has 3 rings (SSSR count). The van der Waals surface area contributed by atoms with Crippen LogP contribution in [0.1, 0.15) is 34.0 Å². The Morgan fingerprint density at radius 3 is 2.44 bits per heavy atom. The third-order valence-electron chi connectivity index (χ3n) is 4.03. The van der Waals surface area contributed by atoms with Gasteiger partial charge in [0.25, 0.3) is 5.91 Å². The molecule has 0 radical (unpaired) electrons. The van der Waals surface area contributed by atoms with Gasteiger partial charge in [-0.2, -0.15) is 0 Å². The monoisotopic (exact) mass is 369 g/mol. The molecule has 7 heteroatoms. The van der Waals surface area contributed by atoms with Crippen molar-refractivity contribution in [1.82, 2.24) is 4.90 Å². The van der Waals surface area contributed by atoms with Crippen LogP contribution in [0.25, 0.3) is 0 Å². The number of hydrogen-bond acceptors (Lipinski definition) is 2. The summed E-state index contributed by atoms with van der Waals surface area (Å²) in [6.07, 6.45) is -3.90. The first-order chi connectivity index (χ1) is 11.8. The molecule has 0 aromatic heterocycles. The minimum atomic E-state index is -4.72. The Hall–Kier alpha value is -2.21. The van der Waals surface area contributed by atoms with Crippen molar-refractivity contribution in [3.05, 3.63) is 63.7 Å². The van der Waals surface area contributed by atoms with E-state index >= 15 is 0 Å². The summed E-state index contributed by atoms with van der Waals surface area (Å²) in [7, 11) is 0. The van der Waals surface area contributed by atoms with Crippen molar-refractivity contribution in [3.63, 3.8) is 0 Å². The maximum Gasteiger partial charge on any atom is 0.573 e. The van der Waals surface area contributed by atoms with E-state index in [0.717, 1.165) is 17.5 Å². The number of alkyl halides is 3. The number of nitrogens with zero attached hydrogens (tertiary/aromatic N) is 1. The summed E-state index contributed by atoms with van der Waals surface area (Å²) in [6, 6.07) is 9.26. The first-order valence-corrected chi connectivity index (χ1v) is 8.10. The van der Waals surface area contributed by atoms with Crippen molar-refractivity contribution in [2.45, 2.75) is 32.8 Å². The third kappa shape index (κ3) is 3.90. The van der Waals surface area contributed by atoms with E-state index in [1.54, 1.807) is 11.0 Å². The second-order valence-corrected chi connectivity index (χ2v) is 6.23. The first kappa shape index (κ1) is 17.6. The Morgan fingerprint density at radius 1 is 1.16 bits per heavy atom. The fourth-order valence-corrected chi connectivity index (χ4v) is 3.22. The lowest BCUT2D eigenvalue weighted by Gasteiger charge is -2.16. The van der Waals surface area contributed by atoms with E-state index in [0.29, 0.717) is 22.7 Å². The van der Waals surface area contributed by atoms with E-state index in [2.05, 4.69) is 4.74 Å². The predicted molar refractivity (Wildman–Crippen MR) is 87.5 cm³/mol. The standard InChI is InChI=1S/C18H15ClF3NO2/c1-2-11-7-13-10-23(17(24)16(13)15(19)8-11)9-12-3-5-14(6-4-12)25-18(20,21)22/h3-8H,2,9-10H2,1H3. The molecular formula is C18H15ClF3NO2. The Morgan fingerprint density at radius 2 is 1.84 bits per heavy atom. The zero-order valence-corrected chi connectivity index (χ0v) is 14.1. The molecule has 25 heavy (non-hydrogen) atoms. The fraction of sp³-hybridized carbons (Fsp3) is 0.278. The van der Waals surface area contributed by atoms with E-state index < -0.39 is 6.36 Å². The molecular weight excluding hydrogens is 355 g/mol. The SMILES string of the molecule is CCc1cc(Cl)c2c(c1)CN(Cc1ccc(OC(F)(F)F)cc1)C2=O. The highest BCUT2D eigenvalue weighted by Crippen LogP contribution is 2.32. The van der Waals surface area contributed by atoms with Crippen molar-refractivity contribution in [3.8, 4) is 5.75 Å². The Balaban J connectivity index is 1.74. The lowest BCUT2D eigenvalue weighted by Crippen LogP contribution is -2.23. The summed E-state index contributed by atoms with van der Waals surface area (Å²) < 4.78 is 40.4. The summed E-state index contributed by atoms with van der Waals surface area (Å²) in [6.45, 7) is 2.73. The number of fused-ring (bicyclic) bond motifs is 1. The summed E-state index contributed by atoms with van der Waals surface area (Å²) in [5.74, 6) is -0.457. The average Bonchev–Trinajstić information content (AvgIpc) is 2.84. The van der Waals surface area contributed by atoms with Gasteiger partial charge in [-0.25, -0.2) is 0 Å². The number of carbonyl (C=O) groups is 1. The molecule has 3 nitrogen and oxygen atoms in total. The molecule has 1 amide bonds. The Bertz CT molecular complexity index is 803. The summed E-state index contributed by atoms with van der Waals surface area (Å²) in [4.78, 5) is 14.2. The number of amides is 1. The van der Waals surface area contributed by atoms with Gasteiger partial charge in [0, 0.05) is 13.1 Å². The van der Waals surface area contributed by atoms with Crippen LogP contribution in [0.2, 0.25) is 5.02 Å². The van der Waals surface area contributed by atoms with Gasteiger partial charge in [-0.3, -0.25) is 4.79 Å². The van der Waals surface area contributed by atoms with E-state index in [-0.39, 0.29) is 18.2 Å². The zero-order valence-electron chi connectivity index (χ0n) is 13.4. The maximum absolute atomic E-state index is 12.5. The minimum absolute atomic E-state index is 0.168. The van der Waals surface area contributed by atoms with Crippen LogP contribution in [0.15, 0.2) is 36.4 Å². The van der Waals surface area contributed by atoms with Gasteiger partial charge >= 0.3 is 6.36 Å². The predicted octanol–water partition coefficient (Wildman–Crippen LogP) is 4.96. The number of hydrogen-bond donors (Lipinski definition) is 0. The second kappa shape index (κ2) is 6.59. The molecule has 0 spiro atoms. The van der Waals surface area contributed by atoms with Gasteiger partial charge < -0.3 is 9.64 Å². The highest BCUT2D eigenvalue weighted by atomic mass is 35.5. The zero-order chi connectivity index (χ0) is 18.2. The molecule has 1 heterocycles. The van der Waals surface area contributed by atoms with E-state index in [4.69, 9.17) is 11.6 Å². The van der Waals surface area contributed by atoms with Gasteiger partial charge in [0.15, 0.2) is 0 Å². The molecule has 0 bridgehead atoms. The Labute approximate surface area is 148 Å². The Kier molecular flexibility index (Phi) is 4.64. The van der Waals surface area contributed by atoms with Crippen LogP contribution in [0.5, 0.6) is 5.75 Å². The van der Waals surface area contributed by atoms with Crippen LogP contribution < -0.4 is 4.74 Å². The smallest absolute Gasteiger partial charge is 0.406 e. The molecule has 1 aliphatic heterocycles. The van der Waals surface area contributed by atoms with Crippen molar-refractivity contribution < 1.29 is 22.7 Å². The number of rotatable bonds is 4. The molecule has 2 aromatic carbocycles. The first-order valence-electron chi connectivity index (χ1n) is 7.72. The normalized spacial score (nSPS) is 14.0. The van der Waals surface area contributed by atoms with Crippen LogP contribution in [0, 0.1) is 0 Å². The lowest BCUT2D eigenvalue weighted by molar-refractivity contribution is -0.274. The summed E-state index contributed by atoms with van der Waals surface area (Å²) in [5.41, 5.74) is 3.16. The molecule has 0 saturated carbocycles. The van der Waals surface area contributed by atoms with Gasteiger partial charge in [-0.1, -0.05) is 36.7 Å². The molecule has 0 N–H and O–H groups in total. The average molecular weight is 370 g/mol. The topological polar surface area (TPSA) is 29.5 Å². The molecule has 132 valence electrons. The van der Waals surface area contributed by atoms with E-state index in [1.165, 1.54) is 24.3 Å². The van der Waals surface area contributed by atoms with Crippen molar-refractivity contribution in [2.75, 3.05) is 0 Å². The van der Waals surface area contributed by atoms with Gasteiger partial charge in [0.1, 0.15) is 5.75 Å². The summed E-state index contributed by atoms with van der Waals surface area (Å²) in [5, 5.41) is 0.441. The molecule has 0 unspecified atom stereocenters. The van der Waals surface area contributed by atoms with Crippen LogP contribution >= 0.6 is 11.6 Å². The quantitative estimate of drug-likeness (QED) is 0.762. The third-order valence-corrected chi connectivity index (χ3v) is 4.33. The largest absolute Gasteiger partial charge is 0.573 e. The number of aryl methyl sites for hydroxylation is 1. The maximum atomic E-state index is 12.5. The number of ether oxygens (including phenoxy) is 1. The minimum Gasteiger partial charge on any atom is -0.406 e. The van der Waals surface area contributed by atoms with Crippen LogP contribution in [-0.2, 0) is 19.5 Å². The van der Waals surface area contributed by atoms with Gasteiger partial charge in [0.2, 0.25) is 0 Å². The lowest BCUT2D eigenvalue weighted by atomic mass is 10.0. The summed E-state index contributed by atoms with van der Waals surface area (Å²) >= 11 is 6.23. The molecule has 0 fully saturated rings. The highest BCUT2D eigenvalue weighted by molar-refractivity contribution is 6.34. The van der Waals surface area contributed by atoms with Crippen LogP contribution in [-0.4, -0.2) is 17.2 Å². The van der Waals surface area contributed by atoms with Crippen molar-refractivity contribution in [1.29, 1.82) is 0 Å². The second-order valence-electron chi connectivity index (χ2n) is 5.82. The van der Waals surface area contributed by atoms with Crippen LogP contribution in [0.3, 0.4) is 0 Å². The van der Waals surface area contributed by atoms with Crippen molar-refractivity contribution >= 4 is 17.5 Å². The van der Waals surface area contributed by atoms with Crippen molar-refractivity contribution in [2.24, 2.45) is 0 Å². The van der Waals surface area contributed by atoms with Gasteiger partial charge in [0.05, 0.1) is 10.6 Å². The van der Waals surface area contributed by atoms with E-state index in [9.17, 15) is 18.0 Å². The number of carbonyl (C=O) groups excluding carboxylic acids is 1. The van der Waals surface area contributed by atoms with Gasteiger partial charge in [-0.05, 0) is 41.3 Å². The molecule has 0 saturated heterocycles. The van der Waals surface area contributed by atoms with E-state index in [1.807, 2.05) is 13.0 Å². The van der Waals surface area contributed by atoms with Crippen LogP contribution in [0.4, 0.5) is 13.2 Å². The molecule has 1 aliphatic rings. The fourth-order valence-electron chi connectivity index (χ4n) is 2.87.